The van der Waals surface area contributed by atoms with Crippen LogP contribution in [0.2, 0.25) is 0 Å². The number of halogens is 4. The van der Waals surface area contributed by atoms with E-state index in [1.54, 1.807) is 6.07 Å². The lowest BCUT2D eigenvalue weighted by atomic mass is 10.00. The maximum atomic E-state index is 12.9. The van der Waals surface area contributed by atoms with Crippen molar-refractivity contribution in [3.8, 4) is 16.9 Å². The third-order valence-corrected chi connectivity index (χ3v) is 5.46. The molecule has 4 rings (SSSR count). The first-order valence-corrected chi connectivity index (χ1v) is 9.73. The van der Waals surface area contributed by atoms with Gasteiger partial charge in [0, 0.05) is 0 Å². The van der Waals surface area contributed by atoms with E-state index in [9.17, 15) is 27.5 Å². The van der Waals surface area contributed by atoms with Crippen molar-refractivity contribution in [1.82, 2.24) is 4.98 Å². The number of rotatable bonds is 3. The molecule has 0 unspecified atom stereocenters. The summed E-state index contributed by atoms with van der Waals surface area (Å²) in [7, 11) is 0. The Bertz CT molecular complexity index is 1150. The van der Waals surface area contributed by atoms with E-state index in [2.05, 4.69) is 10.3 Å². The molecular formula is C20H16F4N2O4S. The van der Waals surface area contributed by atoms with Gasteiger partial charge < -0.3 is 15.5 Å². The zero-order valence-electron chi connectivity index (χ0n) is 15.9. The molecule has 6 nitrogen and oxygen atoms in total. The minimum Gasteiger partial charge on any atom is -0.508 e. The minimum absolute atomic E-state index is 0.259. The lowest BCUT2D eigenvalue weighted by molar-refractivity contribution is -0.192. The molecule has 0 radical (unpaired) electrons. The summed E-state index contributed by atoms with van der Waals surface area (Å²) < 4.78 is 45.6. The Kier molecular flexibility index (Phi) is 6.16. The molecule has 164 valence electrons. The van der Waals surface area contributed by atoms with Gasteiger partial charge in [-0.2, -0.15) is 13.2 Å². The Balaban J connectivity index is 0.000000339. The van der Waals surface area contributed by atoms with Crippen molar-refractivity contribution in [1.29, 1.82) is 0 Å². The van der Waals surface area contributed by atoms with Gasteiger partial charge in [0.25, 0.3) is 0 Å². The highest BCUT2D eigenvalue weighted by molar-refractivity contribution is 7.22. The average molecular weight is 456 g/mol. The Morgan fingerprint density at radius 3 is 2.45 bits per heavy atom. The van der Waals surface area contributed by atoms with Gasteiger partial charge in [-0.15, -0.1) is 0 Å². The van der Waals surface area contributed by atoms with Gasteiger partial charge in [0.2, 0.25) is 5.91 Å². The summed E-state index contributed by atoms with van der Waals surface area (Å²) >= 11 is 1.36. The number of hydrogen-bond acceptors (Lipinski definition) is 5. The molecule has 0 spiro atoms. The second-order valence-corrected chi connectivity index (χ2v) is 7.83. The van der Waals surface area contributed by atoms with Crippen LogP contribution < -0.4 is 5.32 Å². The number of anilines is 1. The summed E-state index contributed by atoms with van der Waals surface area (Å²) in [5.74, 6) is -3.32. The molecule has 1 aliphatic rings. The van der Waals surface area contributed by atoms with E-state index in [0.29, 0.717) is 11.6 Å². The van der Waals surface area contributed by atoms with Gasteiger partial charge in [-0.25, -0.2) is 14.2 Å². The maximum Gasteiger partial charge on any atom is 0.490 e. The Hall–Kier alpha value is -3.21. The summed E-state index contributed by atoms with van der Waals surface area (Å²) in [6.07, 6.45) is -5.79. The van der Waals surface area contributed by atoms with Gasteiger partial charge in [0.15, 0.2) is 5.13 Å². The molecular weight excluding hydrogens is 440 g/mol. The third kappa shape index (κ3) is 5.29. The molecule has 1 amide bonds. The van der Waals surface area contributed by atoms with Crippen LogP contribution in [0.25, 0.3) is 21.3 Å². The highest BCUT2D eigenvalue weighted by atomic mass is 32.1. The molecule has 0 bridgehead atoms. The number of alkyl halides is 4. The van der Waals surface area contributed by atoms with Crippen LogP contribution in [0.3, 0.4) is 0 Å². The largest absolute Gasteiger partial charge is 0.508 e. The first-order valence-electron chi connectivity index (χ1n) is 8.92. The van der Waals surface area contributed by atoms with Gasteiger partial charge in [0.05, 0.1) is 16.1 Å². The molecule has 2 atom stereocenters. The van der Waals surface area contributed by atoms with Gasteiger partial charge in [-0.05, 0) is 48.2 Å². The van der Waals surface area contributed by atoms with Crippen LogP contribution in [-0.4, -0.2) is 39.4 Å². The number of aromatic nitrogens is 1. The molecule has 1 heterocycles. The lowest BCUT2D eigenvalue weighted by Crippen LogP contribution is -2.21. The molecule has 11 heteroatoms. The number of nitrogens with zero attached hydrogens (tertiary/aromatic N) is 1. The summed E-state index contributed by atoms with van der Waals surface area (Å²) in [6.45, 7) is 1.87. The number of thiazole rings is 1. The molecule has 1 aliphatic carbocycles. The van der Waals surface area contributed by atoms with Crippen LogP contribution >= 0.6 is 11.3 Å². The fraction of sp³-hybridized carbons (Fsp3) is 0.250. The normalized spacial score (nSPS) is 17.6. The third-order valence-electron chi connectivity index (χ3n) is 4.53. The number of carbonyl (C=O) groups is 2. The molecule has 3 aromatic rings. The number of benzene rings is 2. The SMILES string of the molecule is Cc1c(O)cccc1-c1ccc2nc(NC(=O)[C@@H]3C[C@@H]3F)sc2c1.O=C(O)C(F)(F)F. The van der Waals surface area contributed by atoms with E-state index in [-0.39, 0.29) is 11.7 Å². The van der Waals surface area contributed by atoms with Gasteiger partial charge in [-0.3, -0.25) is 4.79 Å². The summed E-state index contributed by atoms with van der Waals surface area (Å²) in [6, 6.07) is 11.2. The number of phenolic OH excluding ortho intramolecular Hbond substituents is 1. The zero-order chi connectivity index (χ0) is 22.9. The number of hydrogen-bond donors (Lipinski definition) is 3. The van der Waals surface area contributed by atoms with Gasteiger partial charge in [0.1, 0.15) is 11.9 Å². The second kappa shape index (κ2) is 8.50. The van der Waals surface area contributed by atoms with Crippen molar-refractivity contribution in [2.45, 2.75) is 25.7 Å². The van der Waals surface area contributed by atoms with Crippen molar-refractivity contribution in [2.75, 3.05) is 5.32 Å². The molecule has 3 N–H and O–H groups in total. The molecule has 1 saturated carbocycles. The van der Waals surface area contributed by atoms with Crippen molar-refractivity contribution in [3.05, 3.63) is 42.0 Å². The highest BCUT2D eigenvalue weighted by Crippen LogP contribution is 2.37. The molecule has 0 saturated heterocycles. The minimum atomic E-state index is -5.08. The molecule has 1 aromatic heterocycles. The number of phenols is 1. The smallest absolute Gasteiger partial charge is 0.490 e. The molecule has 0 aliphatic heterocycles. The van der Waals surface area contributed by atoms with E-state index in [4.69, 9.17) is 9.90 Å². The van der Waals surface area contributed by atoms with E-state index in [1.165, 1.54) is 11.3 Å². The van der Waals surface area contributed by atoms with Crippen LogP contribution in [-0.2, 0) is 9.59 Å². The number of nitrogens with one attached hydrogen (secondary N) is 1. The Labute approximate surface area is 177 Å². The van der Waals surface area contributed by atoms with Crippen LogP contribution in [0.15, 0.2) is 36.4 Å². The number of aliphatic carboxylic acids is 1. The highest BCUT2D eigenvalue weighted by Gasteiger charge is 2.43. The fourth-order valence-corrected chi connectivity index (χ4v) is 3.62. The predicted molar refractivity (Wildman–Crippen MR) is 107 cm³/mol. The van der Waals surface area contributed by atoms with Crippen molar-refractivity contribution in [3.63, 3.8) is 0 Å². The maximum absolute atomic E-state index is 12.9. The van der Waals surface area contributed by atoms with Crippen LogP contribution in [0.5, 0.6) is 5.75 Å². The summed E-state index contributed by atoms with van der Waals surface area (Å²) in [5.41, 5.74) is 3.53. The van der Waals surface area contributed by atoms with Crippen molar-refractivity contribution in [2.24, 2.45) is 5.92 Å². The summed E-state index contributed by atoms with van der Waals surface area (Å²) in [5, 5.41) is 20.2. The first-order chi connectivity index (χ1) is 14.5. The van der Waals surface area contributed by atoms with Crippen LogP contribution in [0.4, 0.5) is 22.7 Å². The number of amides is 1. The van der Waals surface area contributed by atoms with E-state index in [0.717, 1.165) is 26.9 Å². The van der Waals surface area contributed by atoms with E-state index >= 15 is 0 Å². The fourth-order valence-electron chi connectivity index (χ4n) is 2.72. The monoisotopic (exact) mass is 456 g/mol. The van der Waals surface area contributed by atoms with Crippen LogP contribution in [0.1, 0.15) is 12.0 Å². The van der Waals surface area contributed by atoms with Gasteiger partial charge in [-0.1, -0.05) is 29.5 Å². The lowest BCUT2D eigenvalue weighted by Gasteiger charge is -2.07. The van der Waals surface area contributed by atoms with Crippen molar-refractivity contribution >= 4 is 38.6 Å². The second-order valence-electron chi connectivity index (χ2n) is 6.80. The van der Waals surface area contributed by atoms with Crippen LogP contribution in [0, 0.1) is 12.8 Å². The predicted octanol–water partition coefficient (Wildman–Crippen LogP) is 4.91. The summed E-state index contributed by atoms with van der Waals surface area (Å²) in [4.78, 5) is 25.1. The first kappa shape index (κ1) is 22.5. The van der Waals surface area contributed by atoms with E-state index < -0.39 is 24.2 Å². The Morgan fingerprint density at radius 1 is 1.23 bits per heavy atom. The zero-order valence-corrected chi connectivity index (χ0v) is 16.7. The quantitative estimate of drug-likeness (QED) is 0.487. The number of carboxylic acid groups (broad SMARTS) is 1. The number of aromatic hydroxyl groups is 1. The van der Waals surface area contributed by atoms with E-state index in [1.807, 2.05) is 37.3 Å². The average Bonchev–Trinajstić information content (AvgIpc) is 3.28. The number of carboxylic acids is 1. The number of fused-ring (bicyclic) bond motifs is 1. The number of carbonyl (C=O) groups excluding carboxylic acids is 1. The Morgan fingerprint density at radius 2 is 1.87 bits per heavy atom. The van der Waals surface area contributed by atoms with Gasteiger partial charge >= 0.3 is 12.1 Å². The molecule has 31 heavy (non-hydrogen) atoms. The van der Waals surface area contributed by atoms with Crippen molar-refractivity contribution < 1.29 is 37.4 Å². The molecule has 1 fully saturated rings. The molecule has 2 aromatic carbocycles. The standard InChI is InChI=1S/C18H15FN2O2S.C2HF3O2/c1-9-11(3-2-4-15(9)22)10-5-6-14-16(7-10)24-18(20-14)21-17(23)12-8-13(12)19;3-2(4,5)1(6)7/h2-7,12-13,22H,8H2,1H3,(H,20,21,23);(H,6,7)/t12-,13+;/m1./s1. The topological polar surface area (TPSA) is 99.5 Å².